The largest absolute Gasteiger partial charge is 0.370 e. The highest BCUT2D eigenvalue weighted by atomic mass is 32.2. The highest BCUT2D eigenvalue weighted by molar-refractivity contribution is 8.00. The van der Waals surface area contributed by atoms with E-state index in [4.69, 9.17) is 11.5 Å². The van der Waals surface area contributed by atoms with Crippen LogP contribution in [0.3, 0.4) is 0 Å². The Hall–Kier alpha value is -1.61. The Labute approximate surface area is 172 Å². The van der Waals surface area contributed by atoms with Crippen LogP contribution in [-0.4, -0.2) is 60.2 Å². The molecule has 0 spiro atoms. The molecule has 8 heteroatoms. The van der Waals surface area contributed by atoms with E-state index in [9.17, 15) is 9.59 Å². The summed E-state index contributed by atoms with van der Waals surface area (Å²) in [6.45, 7) is 5.22. The number of carbonyl (C=O) groups excluding carboxylic acids is 2. The zero-order valence-corrected chi connectivity index (χ0v) is 17.3. The number of rotatable bonds is 7. The van der Waals surface area contributed by atoms with Gasteiger partial charge in [0.15, 0.2) is 0 Å². The van der Waals surface area contributed by atoms with Crippen LogP contribution >= 0.6 is 11.8 Å². The zero-order valence-electron chi connectivity index (χ0n) is 16.5. The number of nitrogens with one attached hydrogen (secondary N) is 2. The van der Waals surface area contributed by atoms with Crippen LogP contribution in [0.2, 0.25) is 0 Å². The fraction of sp³-hybridized carbons (Fsp3) is 0.600. The minimum absolute atomic E-state index is 0.0954. The van der Waals surface area contributed by atoms with E-state index in [-0.39, 0.29) is 12.3 Å². The molecule has 7 nitrogen and oxygen atoms in total. The van der Waals surface area contributed by atoms with Gasteiger partial charge in [0, 0.05) is 25.4 Å². The van der Waals surface area contributed by atoms with E-state index in [2.05, 4.69) is 15.5 Å². The lowest BCUT2D eigenvalue weighted by molar-refractivity contribution is -0.122. The van der Waals surface area contributed by atoms with Gasteiger partial charge in [-0.2, -0.15) is 0 Å². The summed E-state index contributed by atoms with van der Waals surface area (Å²) in [4.78, 5) is 24.9. The van der Waals surface area contributed by atoms with Crippen molar-refractivity contribution in [3.8, 4) is 0 Å². The topological polar surface area (TPSA) is 113 Å². The number of nitrogens with zero attached hydrogens (tertiary/aromatic N) is 1. The maximum atomic E-state index is 12.0. The SMILES string of the molecule is NC(=O)CC1(NC(=O)Cc2ccccc2)NCCS1.NCCN1CCCCC1. The molecule has 156 valence electrons. The lowest BCUT2D eigenvalue weighted by Gasteiger charge is -2.28. The van der Waals surface area contributed by atoms with Gasteiger partial charge in [0.25, 0.3) is 0 Å². The molecule has 6 N–H and O–H groups in total. The summed E-state index contributed by atoms with van der Waals surface area (Å²) in [7, 11) is 0. The lowest BCUT2D eigenvalue weighted by atomic mass is 10.1. The number of thioether (sulfide) groups is 1. The number of benzene rings is 1. The van der Waals surface area contributed by atoms with Crippen molar-refractivity contribution in [2.24, 2.45) is 11.5 Å². The minimum atomic E-state index is -0.738. The van der Waals surface area contributed by atoms with E-state index >= 15 is 0 Å². The molecule has 3 rings (SSSR count). The van der Waals surface area contributed by atoms with Gasteiger partial charge in [-0.1, -0.05) is 36.8 Å². The van der Waals surface area contributed by atoms with E-state index < -0.39 is 10.9 Å². The summed E-state index contributed by atoms with van der Waals surface area (Å²) in [6.07, 6.45) is 4.56. The number of primary amides is 1. The Balaban J connectivity index is 0.000000261. The molecule has 0 bridgehead atoms. The number of carbonyl (C=O) groups is 2. The molecule has 0 saturated carbocycles. The number of hydrogen-bond acceptors (Lipinski definition) is 6. The van der Waals surface area contributed by atoms with Gasteiger partial charge < -0.3 is 21.7 Å². The van der Waals surface area contributed by atoms with Crippen LogP contribution in [0.5, 0.6) is 0 Å². The fourth-order valence-electron chi connectivity index (χ4n) is 3.43. The molecule has 2 aliphatic heterocycles. The van der Waals surface area contributed by atoms with Gasteiger partial charge >= 0.3 is 0 Å². The molecule has 2 saturated heterocycles. The van der Waals surface area contributed by atoms with Crippen molar-refractivity contribution in [1.29, 1.82) is 0 Å². The average molecular weight is 408 g/mol. The smallest absolute Gasteiger partial charge is 0.226 e. The summed E-state index contributed by atoms with van der Waals surface area (Å²) in [5.41, 5.74) is 11.6. The van der Waals surface area contributed by atoms with Crippen LogP contribution in [0.15, 0.2) is 30.3 Å². The molecule has 28 heavy (non-hydrogen) atoms. The Morgan fingerprint density at radius 3 is 2.46 bits per heavy atom. The Morgan fingerprint density at radius 1 is 1.18 bits per heavy atom. The van der Waals surface area contributed by atoms with Crippen molar-refractivity contribution in [1.82, 2.24) is 15.5 Å². The summed E-state index contributed by atoms with van der Waals surface area (Å²) in [6, 6.07) is 9.49. The van der Waals surface area contributed by atoms with Crippen molar-refractivity contribution < 1.29 is 9.59 Å². The predicted molar refractivity (Wildman–Crippen MR) is 115 cm³/mol. The predicted octanol–water partition coefficient (Wildman–Crippen LogP) is 0.642. The molecule has 2 heterocycles. The first kappa shape index (κ1) is 22.7. The summed E-state index contributed by atoms with van der Waals surface area (Å²) < 4.78 is 0. The molecule has 0 aliphatic carbocycles. The first-order chi connectivity index (χ1) is 13.5. The third kappa shape index (κ3) is 8.18. The standard InChI is InChI=1S/C13H17N3O2S.C7H16N2/c14-11(17)9-13(15-6-7-19-13)16-12(18)8-10-4-2-1-3-5-10;8-4-7-9-5-2-1-3-6-9/h1-5,15H,6-9H2,(H2,14,17)(H,16,18);1-8H2. The quantitative estimate of drug-likeness (QED) is 0.528. The molecular formula is C20H33N5O2S. The van der Waals surface area contributed by atoms with Gasteiger partial charge in [0.05, 0.1) is 12.8 Å². The summed E-state index contributed by atoms with van der Waals surface area (Å²) in [5.74, 6) is 0.301. The van der Waals surface area contributed by atoms with Gasteiger partial charge in [-0.25, -0.2) is 0 Å². The van der Waals surface area contributed by atoms with Crippen molar-refractivity contribution in [3.05, 3.63) is 35.9 Å². The van der Waals surface area contributed by atoms with Gasteiger partial charge in [-0.3, -0.25) is 14.9 Å². The van der Waals surface area contributed by atoms with E-state index in [0.29, 0.717) is 6.42 Å². The molecule has 0 aromatic heterocycles. The monoisotopic (exact) mass is 407 g/mol. The first-order valence-electron chi connectivity index (χ1n) is 9.98. The highest BCUT2D eigenvalue weighted by Gasteiger charge is 2.37. The van der Waals surface area contributed by atoms with Crippen molar-refractivity contribution >= 4 is 23.6 Å². The molecule has 2 fully saturated rings. The van der Waals surface area contributed by atoms with E-state index in [1.54, 1.807) is 0 Å². The molecule has 1 unspecified atom stereocenters. The molecule has 2 aliphatic rings. The van der Waals surface area contributed by atoms with Crippen LogP contribution < -0.4 is 22.1 Å². The lowest BCUT2D eigenvalue weighted by Crippen LogP contribution is -2.55. The molecule has 1 aromatic rings. The summed E-state index contributed by atoms with van der Waals surface area (Å²) >= 11 is 1.51. The van der Waals surface area contributed by atoms with Crippen molar-refractivity contribution in [3.63, 3.8) is 0 Å². The molecule has 1 atom stereocenters. The van der Waals surface area contributed by atoms with E-state index in [1.807, 2.05) is 30.3 Å². The Morgan fingerprint density at radius 2 is 1.89 bits per heavy atom. The minimum Gasteiger partial charge on any atom is -0.370 e. The van der Waals surface area contributed by atoms with Crippen LogP contribution in [0.25, 0.3) is 0 Å². The van der Waals surface area contributed by atoms with Gasteiger partial charge in [0.1, 0.15) is 4.99 Å². The number of piperidine rings is 1. The Bertz CT molecular complexity index is 599. The van der Waals surface area contributed by atoms with E-state index in [1.165, 1.54) is 44.1 Å². The van der Waals surface area contributed by atoms with E-state index in [0.717, 1.165) is 31.0 Å². The van der Waals surface area contributed by atoms with Crippen LogP contribution in [0.4, 0.5) is 0 Å². The van der Waals surface area contributed by atoms with Crippen molar-refractivity contribution in [2.45, 2.75) is 37.1 Å². The van der Waals surface area contributed by atoms with Crippen molar-refractivity contribution in [2.75, 3.05) is 38.5 Å². The van der Waals surface area contributed by atoms with Gasteiger partial charge in [-0.15, -0.1) is 11.8 Å². The zero-order chi connectivity index (χ0) is 20.2. The number of likely N-dealkylation sites (tertiary alicyclic amines) is 1. The molecule has 2 amide bonds. The van der Waals surface area contributed by atoms with Gasteiger partial charge in [0.2, 0.25) is 11.8 Å². The first-order valence-corrected chi connectivity index (χ1v) is 11.0. The number of amides is 2. The second-order valence-corrected chi connectivity index (χ2v) is 8.54. The maximum Gasteiger partial charge on any atom is 0.226 e. The number of nitrogens with two attached hydrogens (primary N) is 2. The highest BCUT2D eigenvalue weighted by Crippen LogP contribution is 2.27. The molecule has 1 aromatic carbocycles. The second kappa shape index (κ2) is 12.1. The van der Waals surface area contributed by atoms with Crippen LogP contribution in [0.1, 0.15) is 31.2 Å². The van der Waals surface area contributed by atoms with Crippen LogP contribution in [0, 0.1) is 0 Å². The molecular weight excluding hydrogens is 374 g/mol. The third-order valence-electron chi connectivity index (χ3n) is 4.73. The number of hydrogen-bond donors (Lipinski definition) is 4. The van der Waals surface area contributed by atoms with Gasteiger partial charge in [-0.05, 0) is 31.5 Å². The van der Waals surface area contributed by atoms with Crippen LogP contribution in [-0.2, 0) is 16.0 Å². The average Bonchev–Trinajstić information content (AvgIpc) is 3.11. The second-order valence-electron chi connectivity index (χ2n) is 7.15. The summed E-state index contributed by atoms with van der Waals surface area (Å²) in [5, 5.41) is 6.03. The fourth-order valence-corrected chi connectivity index (χ4v) is 4.62. The normalized spacial score (nSPS) is 22.2. The Kier molecular flexibility index (Phi) is 9.77. The molecule has 0 radical (unpaired) electrons. The third-order valence-corrected chi connectivity index (χ3v) is 6.02. The maximum absolute atomic E-state index is 12.0.